The van der Waals surface area contributed by atoms with Crippen molar-refractivity contribution in [2.45, 2.75) is 19.9 Å². The average Bonchev–Trinajstić information content (AvgIpc) is 2.74. The van der Waals surface area contributed by atoms with E-state index in [1.54, 1.807) is 23.8 Å². The highest BCUT2D eigenvalue weighted by molar-refractivity contribution is 6.35. The molecule has 0 saturated carbocycles. The molecule has 0 radical (unpaired) electrons. The number of hydrogen-bond acceptors (Lipinski definition) is 3. The molecule has 19 heavy (non-hydrogen) atoms. The number of ketones is 1. The number of esters is 1. The zero-order valence-corrected chi connectivity index (χ0v) is 11.3. The van der Waals surface area contributed by atoms with Gasteiger partial charge in [0.25, 0.3) is 0 Å². The Labute approximate surface area is 115 Å². The second-order valence-electron chi connectivity index (χ2n) is 4.14. The Morgan fingerprint density at radius 1 is 1.32 bits per heavy atom. The van der Waals surface area contributed by atoms with Crippen LogP contribution in [0.4, 0.5) is 0 Å². The Morgan fingerprint density at radius 3 is 2.84 bits per heavy atom. The first kappa shape index (κ1) is 13.6. The summed E-state index contributed by atoms with van der Waals surface area (Å²) in [6.07, 6.45) is 1.59. The van der Waals surface area contributed by atoms with E-state index in [-0.39, 0.29) is 25.4 Å². The fourth-order valence-corrected chi connectivity index (χ4v) is 2.18. The SMILES string of the molecule is CCOC(=O)CC(=O)Cn1ccc2c(Cl)cccc21. The van der Waals surface area contributed by atoms with Crippen LogP contribution in [-0.2, 0) is 20.9 Å². The Kier molecular flexibility index (Phi) is 4.22. The van der Waals surface area contributed by atoms with Gasteiger partial charge in [0.15, 0.2) is 5.78 Å². The second kappa shape index (κ2) is 5.89. The highest BCUT2D eigenvalue weighted by Crippen LogP contribution is 2.24. The molecular formula is C14H14ClNO3. The summed E-state index contributed by atoms with van der Waals surface area (Å²) in [5.41, 5.74) is 0.879. The number of nitrogens with zero attached hydrogens (tertiary/aromatic N) is 1. The summed E-state index contributed by atoms with van der Waals surface area (Å²) in [5, 5.41) is 1.54. The first-order valence-corrected chi connectivity index (χ1v) is 6.40. The van der Waals surface area contributed by atoms with E-state index in [1.807, 2.05) is 18.2 Å². The van der Waals surface area contributed by atoms with Crippen LogP contribution in [0.5, 0.6) is 0 Å². The smallest absolute Gasteiger partial charge is 0.313 e. The maximum Gasteiger partial charge on any atom is 0.313 e. The van der Waals surface area contributed by atoms with Gasteiger partial charge in [0, 0.05) is 22.1 Å². The fourth-order valence-electron chi connectivity index (χ4n) is 1.94. The highest BCUT2D eigenvalue weighted by atomic mass is 35.5. The van der Waals surface area contributed by atoms with Crippen LogP contribution in [0.15, 0.2) is 30.5 Å². The van der Waals surface area contributed by atoms with Gasteiger partial charge in [-0.15, -0.1) is 0 Å². The summed E-state index contributed by atoms with van der Waals surface area (Å²) >= 11 is 6.06. The van der Waals surface area contributed by atoms with Crippen LogP contribution in [0, 0.1) is 0 Å². The predicted octanol–water partition coefficient (Wildman–Crippen LogP) is 2.82. The Morgan fingerprint density at radius 2 is 2.11 bits per heavy atom. The van der Waals surface area contributed by atoms with Crippen LogP contribution < -0.4 is 0 Å². The van der Waals surface area contributed by atoms with E-state index in [1.165, 1.54) is 0 Å². The summed E-state index contributed by atoms with van der Waals surface area (Å²) in [5.74, 6) is -0.669. The molecular weight excluding hydrogens is 266 g/mol. The molecule has 0 fully saturated rings. The van der Waals surface area contributed by atoms with Crippen LogP contribution in [-0.4, -0.2) is 22.9 Å². The summed E-state index contributed by atoms with van der Waals surface area (Å²) in [4.78, 5) is 23.0. The second-order valence-corrected chi connectivity index (χ2v) is 4.54. The number of ether oxygens (including phenoxy) is 1. The molecule has 100 valence electrons. The van der Waals surface area contributed by atoms with E-state index in [0.29, 0.717) is 5.02 Å². The lowest BCUT2D eigenvalue weighted by molar-refractivity contribution is -0.145. The van der Waals surface area contributed by atoms with Gasteiger partial charge >= 0.3 is 5.97 Å². The van der Waals surface area contributed by atoms with Crippen molar-refractivity contribution in [1.82, 2.24) is 4.57 Å². The number of Topliss-reactive ketones (excluding diaryl/α,β-unsaturated/α-hetero) is 1. The number of halogens is 1. The van der Waals surface area contributed by atoms with Gasteiger partial charge in [0.05, 0.1) is 13.2 Å². The van der Waals surface area contributed by atoms with Crippen molar-refractivity contribution >= 4 is 34.3 Å². The van der Waals surface area contributed by atoms with Gasteiger partial charge in [-0.05, 0) is 25.1 Å². The molecule has 1 aromatic heterocycles. The monoisotopic (exact) mass is 279 g/mol. The zero-order valence-electron chi connectivity index (χ0n) is 10.6. The molecule has 5 heteroatoms. The van der Waals surface area contributed by atoms with Gasteiger partial charge in [0.1, 0.15) is 6.42 Å². The molecule has 0 aliphatic heterocycles. The summed E-state index contributed by atoms with van der Waals surface area (Å²) in [7, 11) is 0. The van der Waals surface area contributed by atoms with Gasteiger partial charge in [0.2, 0.25) is 0 Å². The van der Waals surface area contributed by atoms with Crippen LogP contribution in [0.3, 0.4) is 0 Å². The number of aromatic nitrogens is 1. The molecule has 0 aliphatic carbocycles. The molecule has 0 bridgehead atoms. The lowest BCUT2D eigenvalue weighted by Gasteiger charge is -2.05. The van der Waals surface area contributed by atoms with Crippen molar-refractivity contribution in [3.63, 3.8) is 0 Å². The van der Waals surface area contributed by atoms with E-state index < -0.39 is 5.97 Å². The molecule has 0 unspecified atom stereocenters. The van der Waals surface area contributed by atoms with Gasteiger partial charge < -0.3 is 9.30 Å². The summed E-state index contributed by atoms with van der Waals surface area (Å²) < 4.78 is 6.53. The minimum atomic E-state index is -0.484. The van der Waals surface area contributed by atoms with Crippen molar-refractivity contribution in [2.75, 3.05) is 6.61 Å². The van der Waals surface area contributed by atoms with Crippen molar-refractivity contribution in [3.8, 4) is 0 Å². The van der Waals surface area contributed by atoms with Gasteiger partial charge in [-0.1, -0.05) is 17.7 Å². The first-order chi connectivity index (χ1) is 9.11. The Balaban J connectivity index is 2.11. The quantitative estimate of drug-likeness (QED) is 0.625. The topological polar surface area (TPSA) is 48.3 Å². The molecule has 0 aliphatic rings. The van der Waals surface area contributed by atoms with Crippen LogP contribution in [0.2, 0.25) is 5.02 Å². The largest absolute Gasteiger partial charge is 0.466 e. The lowest BCUT2D eigenvalue weighted by atomic mass is 10.2. The minimum Gasteiger partial charge on any atom is -0.466 e. The normalized spacial score (nSPS) is 10.6. The van der Waals surface area contributed by atoms with Gasteiger partial charge in [-0.2, -0.15) is 0 Å². The highest BCUT2D eigenvalue weighted by Gasteiger charge is 2.12. The molecule has 0 N–H and O–H groups in total. The Hall–Kier alpha value is -1.81. The van der Waals surface area contributed by atoms with Crippen LogP contribution in [0.25, 0.3) is 10.9 Å². The lowest BCUT2D eigenvalue weighted by Crippen LogP contribution is -2.15. The molecule has 1 aromatic carbocycles. The number of rotatable bonds is 5. The summed E-state index contributed by atoms with van der Waals surface area (Å²) in [6, 6.07) is 7.37. The maximum atomic E-state index is 11.8. The molecule has 0 spiro atoms. The molecule has 0 atom stereocenters. The van der Waals surface area contributed by atoms with Gasteiger partial charge in [-0.25, -0.2) is 0 Å². The van der Waals surface area contributed by atoms with Gasteiger partial charge in [-0.3, -0.25) is 9.59 Å². The minimum absolute atomic E-state index is 0.142. The van der Waals surface area contributed by atoms with Crippen LogP contribution >= 0.6 is 11.6 Å². The van der Waals surface area contributed by atoms with Crippen molar-refractivity contribution in [3.05, 3.63) is 35.5 Å². The molecule has 2 rings (SSSR count). The number of fused-ring (bicyclic) bond motifs is 1. The third-order valence-corrected chi connectivity index (χ3v) is 3.08. The van der Waals surface area contributed by atoms with E-state index in [2.05, 4.69) is 0 Å². The maximum absolute atomic E-state index is 11.8. The molecule has 4 nitrogen and oxygen atoms in total. The Bertz CT molecular complexity index is 618. The molecule has 1 heterocycles. The molecule has 0 saturated heterocycles. The van der Waals surface area contributed by atoms with Crippen molar-refractivity contribution in [2.24, 2.45) is 0 Å². The van der Waals surface area contributed by atoms with Crippen molar-refractivity contribution < 1.29 is 14.3 Å². The third-order valence-electron chi connectivity index (χ3n) is 2.75. The molecule has 2 aromatic rings. The fraction of sp³-hybridized carbons (Fsp3) is 0.286. The third kappa shape index (κ3) is 3.15. The average molecular weight is 280 g/mol. The number of carbonyl (C=O) groups excluding carboxylic acids is 2. The summed E-state index contributed by atoms with van der Waals surface area (Å²) in [6.45, 7) is 2.14. The molecule has 0 amide bonds. The standard InChI is InChI=1S/C14H14ClNO3/c1-2-19-14(18)8-10(17)9-16-7-6-11-12(15)4-3-5-13(11)16/h3-7H,2,8-9H2,1H3. The number of hydrogen-bond donors (Lipinski definition) is 0. The van der Waals surface area contributed by atoms with Crippen LogP contribution in [0.1, 0.15) is 13.3 Å². The van der Waals surface area contributed by atoms with E-state index in [0.717, 1.165) is 10.9 Å². The zero-order chi connectivity index (χ0) is 13.8. The first-order valence-electron chi connectivity index (χ1n) is 6.02. The predicted molar refractivity (Wildman–Crippen MR) is 73.2 cm³/mol. The van der Waals surface area contributed by atoms with E-state index >= 15 is 0 Å². The number of benzene rings is 1. The number of carbonyl (C=O) groups is 2. The van der Waals surface area contributed by atoms with E-state index in [4.69, 9.17) is 16.3 Å². The van der Waals surface area contributed by atoms with Crippen molar-refractivity contribution in [1.29, 1.82) is 0 Å². The van der Waals surface area contributed by atoms with E-state index in [9.17, 15) is 9.59 Å².